The Balaban J connectivity index is 1.60. The van der Waals surface area contributed by atoms with E-state index in [1.54, 1.807) is 25.1 Å². The van der Waals surface area contributed by atoms with E-state index in [2.05, 4.69) is 5.32 Å². The number of amides is 3. The number of hydrogen-bond donors (Lipinski definition) is 1. The van der Waals surface area contributed by atoms with Gasteiger partial charge < -0.3 is 5.32 Å². The number of imide groups is 1. The molecule has 1 heterocycles. The van der Waals surface area contributed by atoms with Crippen LogP contribution in [-0.2, 0) is 0 Å². The van der Waals surface area contributed by atoms with Crippen LogP contribution in [0.2, 0.25) is 5.02 Å². The average molecular weight is 436 g/mol. The minimum Gasteiger partial charge on any atom is -0.322 e. The van der Waals surface area contributed by atoms with Crippen LogP contribution in [0.4, 0.5) is 17.1 Å². The summed E-state index contributed by atoms with van der Waals surface area (Å²) in [5.74, 6) is -1.83. The third-order valence-corrected chi connectivity index (χ3v) is 5.40. The molecule has 0 aliphatic carbocycles. The molecule has 0 bridgehead atoms. The Bertz CT molecular complexity index is 1270. The zero-order valence-electron chi connectivity index (χ0n) is 16.1. The van der Waals surface area contributed by atoms with Crippen LogP contribution in [0.5, 0.6) is 0 Å². The zero-order valence-corrected chi connectivity index (χ0v) is 16.8. The quantitative estimate of drug-likeness (QED) is 0.365. The normalized spacial score (nSPS) is 12.6. The van der Waals surface area contributed by atoms with E-state index >= 15 is 0 Å². The fourth-order valence-corrected chi connectivity index (χ4v) is 3.53. The second-order valence-corrected chi connectivity index (χ2v) is 7.22. The summed E-state index contributed by atoms with van der Waals surface area (Å²) >= 11 is 6.07. The molecular weight excluding hydrogens is 422 g/mol. The Kier molecular flexibility index (Phi) is 5.00. The minimum atomic E-state index is -0.779. The smallest absolute Gasteiger partial charge is 0.283 e. The monoisotopic (exact) mass is 435 g/mol. The van der Waals surface area contributed by atoms with Crippen LogP contribution in [0.15, 0.2) is 60.7 Å². The molecule has 9 heteroatoms. The molecule has 1 aliphatic rings. The number of nitrogens with zero attached hydrogens (tertiary/aromatic N) is 2. The van der Waals surface area contributed by atoms with Crippen molar-refractivity contribution < 1.29 is 19.3 Å². The van der Waals surface area contributed by atoms with Crippen LogP contribution < -0.4 is 10.2 Å². The molecule has 0 aromatic heterocycles. The fourth-order valence-electron chi connectivity index (χ4n) is 3.35. The largest absolute Gasteiger partial charge is 0.322 e. The van der Waals surface area contributed by atoms with E-state index in [0.29, 0.717) is 16.3 Å². The van der Waals surface area contributed by atoms with Gasteiger partial charge in [0.1, 0.15) is 5.56 Å². The van der Waals surface area contributed by atoms with Crippen LogP contribution in [0.25, 0.3) is 0 Å². The molecule has 0 saturated carbocycles. The average Bonchev–Trinajstić information content (AvgIpc) is 3.01. The van der Waals surface area contributed by atoms with Gasteiger partial charge in [-0.25, -0.2) is 4.90 Å². The molecule has 0 atom stereocenters. The summed E-state index contributed by atoms with van der Waals surface area (Å²) in [6.07, 6.45) is 0. The topological polar surface area (TPSA) is 110 Å². The summed E-state index contributed by atoms with van der Waals surface area (Å²) in [7, 11) is 0. The van der Waals surface area contributed by atoms with Gasteiger partial charge in [-0.2, -0.15) is 0 Å². The number of benzene rings is 3. The van der Waals surface area contributed by atoms with Gasteiger partial charge in [-0.3, -0.25) is 24.5 Å². The second kappa shape index (κ2) is 7.66. The molecule has 154 valence electrons. The number of anilines is 2. The summed E-state index contributed by atoms with van der Waals surface area (Å²) in [4.78, 5) is 49.4. The number of carbonyl (C=O) groups excluding carboxylic acids is 3. The van der Waals surface area contributed by atoms with Crippen LogP contribution in [0.3, 0.4) is 0 Å². The predicted octanol–water partition coefficient (Wildman–Crippen LogP) is 4.61. The highest BCUT2D eigenvalue weighted by molar-refractivity contribution is 6.35. The number of nitro groups is 1. The second-order valence-electron chi connectivity index (χ2n) is 6.82. The molecule has 0 unspecified atom stereocenters. The van der Waals surface area contributed by atoms with E-state index in [4.69, 9.17) is 11.6 Å². The van der Waals surface area contributed by atoms with Crippen LogP contribution in [0.1, 0.15) is 36.6 Å². The summed E-state index contributed by atoms with van der Waals surface area (Å²) in [6, 6.07) is 14.9. The lowest BCUT2D eigenvalue weighted by Gasteiger charge is -2.14. The maximum absolute atomic E-state index is 12.8. The molecule has 0 radical (unpaired) electrons. The van der Waals surface area contributed by atoms with E-state index in [-0.39, 0.29) is 16.8 Å². The van der Waals surface area contributed by atoms with Gasteiger partial charge in [0.25, 0.3) is 23.4 Å². The zero-order chi connectivity index (χ0) is 22.3. The Morgan fingerprint density at radius 2 is 1.68 bits per heavy atom. The van der Waals surface area contributed by atoms with Crippen LogP contribution in [0, 0.1) is 17.0 Å². The SMILES string of the molecule is Cc1c(Cl)cccc1NC(=O)c1ccc(N2C(=O)c3cccc([N+](=O)[O-])c3C2=O)cc1. The van der Waals surface area contributed by atoms with Crippen LogP contribution >= 0.6 is 11.6 Å². The molecular formula is C22H14ClN3O5. The first-order valence-electron chi connectivity index (χ1n) is 9.12. The number of halogens is 1. The number of nitro benzene ring substituents is 1. The van der Waals surface area contributed by atoms with E-state index in [9.17, 15) is 24.5 Å². The van der Waals surface area contributed by atoms with Crippen molar-refractivity contribution in [3.8, 4) is 0 Å². The highest BCUT2D eigenvalue weighted by atomic mass is 35.5. The Hall–Kier alpha value is -4.04. The standard InChI is InChI=1S/C22H14ClN3O5/c1-12-16(23)5-3-6-17(12)24-20(27)13-8-10-14(11-9-13)25-21(28)15-4-2-7-18(26(30)31)19(15)22(25)29/h2-11H,1H3,(H,24,27). The third kappa shape index (κ3) is 3.43. The molecule has 1 N–H and O–H groups in total. The molecule has 1 aliphatic heterocycles. The molecule has 3 aromatic rings. The Labute approximate surface area is 181 Å². The maximum Gasteiger partial charge on any atom is 0.283 e. The van der Waals surface area contributed by atoms with Crippen molar-refractivity contribution in [2.24, 2.45) is 0 Å². The maximum atomic E-state index is 12.8. The highest BCUT2D eigenvalue weighted by Gasteiger charge is 2.41. The van der Waals surface area contributed by atoms with Gasteiger partial charge in [0, 0.05) is 22.3 Å². The number of hydrogen-bond acceptors (Lipinski definition) is 5. The molecule has 0 saturated heterocycles. The Morgan fingerprint density at radius 1 is 1.00 bits per heavy atom. The van der Waals surface area contributed by atoms with Gasteiger partial charge in [-0.1, -0.05) is 23.7 Å². The highest BCUT2D eigenvalue weighted by Crippen LogP contribution is 2.34. The Morgan fingerprint density at radius 3 is 2.35 bits per heavy atom. The van der Waals surface area contributed by atoms with Gasteiger partial charge in [-0.05, 0) is 55.0 Å². The van der Waals surface area contributed by atoms with Crippen molar-refractivity contribution >= 4 is 46.4 Å². The van der Waals surface area contributed by atoms with E-state index in [1.165, 1.54) is 42.5 Å². The van der Waals surface area contributed by atoms with Gasteiger partial charge >= 0.3 is 0 Å². The lowest BCUT2D eigenvalue weighted by Crippen LogP contribution is -2.29. The fraction of sp³-hybridized carbons (Fsp3) is 0.0455. The third-order valence-electron chi connectivity index (χ3n) is 4.99. The molecule has 4 rings (SSSR count). The van der Waals surface area contributed by atoms with Crippen molar-refractivity contribution in [3.05, 3.63) is 98.1 Å². The first-order chi connectivity index (χ1) is 14.8. The van der Waals surface area contributed by atoms with E-state index in [1.807, 2.05) is 0 Å². The predicted molar refractivity (Wildman–Crippen MR) is 115 cm³/mol. The number of fused-ring (bicyclic) bond motifs is 1. The van der Waals surface area contributed by atoms with Crippen molar-refractivity contribution in [1.82, 2.24) is 0 Å². The van der Waals surface area contributed by atoms with Gasteiger partial charge in [-0.15, -0.1) is 0 Å². The first-order valence-corrected chi connectivity index (χ1v) is 9.50. The molecule has 3 amide bonds. The van der Waals surface area contributed by atoms with Crippen molar-refractivity contribution in [2.75, 3.05) is 10.2 Å². The van der Waals surface area contributed by atoms with Crippen LogP contribution in [-0.4, -0.2) is 22.6 Å². The summed E-state index contributed by atoms with van der Waals surface area (Å²) in [5, 5.41) is 14.5. The summed E-state index contributed by atoms with van der Waals surface area (Å²) in [5.41, 5.74) is 1.09. The summed E-state index contributed by atoms with van der Waals surface area (Å²) < 4.78 is 0. The van der Waals surface area contributed by atoms with Gasteiger partial charge in [0.05, 0.1) is 16.2 Å². The van der Waals surface area contributed by atoms with Gasteiger partial charge in [0.15, 0.2) is 0 Å². The molecule has 0 spiro atoms. The molecule has 31 heavy (non-hydrogen) atoms. The van der Waals surface area contributed by atoms with E-state index < -0.39 is 28.3 Å². The number of carbonyl (C=O) groups is 3. The molecule has 3 aromatic carbocycles. The lowest BCUT2D eigenvalue weighted by molar-refractivity contribution is -0.385. The first kappa shape index (κ1) is 20.2. The van der Waals surface area contributed by atoms with Crippen molar-refractivity contribution in [2.45, 2.75) is 6.92 Å². The number of rotatable bonds is 4. The molecule has 8 nitrogen and oxygen atoms in total. The minimum absolute atomic E-state index is 0.0301. The van der Waals surface area contributed by atoms with Crippen molar-refractivity contribution in [1.29, 1.82) is 0 Å². The summed E-state index contributed by atoms with van der Waals surface area (Å²) in [6.45, 7) is 1.78. The lowest BCUT2D eigenvalue weighted by atomic mass is 10.1. The molecule has 0 fully saturated rings. The van der Waals surface area contributed by atoms with Crippen molar-refractivity contribution in [3.63, 3.8) is 0 Å². The number of nitrogens with one attached hydrogen (secondary N) is 1. The van der Waals surface area contributed by atoms with E-state index in [0.717, 1.165) is 10.5 Å². The van der Waals surface area contributed by atoms with Gasteiger partial charge in [0.2, 0.25) is 0 Å².